The summed E-state index contributed by atoms with van der Waals surface area (Å²) >= 11 is 0. The lowest BCUT2D eigenvalue weighted by Gasteiger charge is -2.27. The Kier molecular flexibility index (Phi) is 5.10. The smallest absolute Gasteiger partial charge is 0.325 e. The van der Waals surface area contributed by atoms with Gasteiger partial charge < -0.3 is 20.7 Å². The Morgan fingerprint density at radius 3 is 2.67 bits per heavy atom. The normalized spacial score (nSPS) is 14.0. The minimum absolute atomic E-state index is 0.0830. The Morgan fingerprint density at radius 1 is 1.17 bits per heavy atom. The van der Waals surface area contributed by atoms with E-state index in [0.29, 0.717) is 43.2 Å². The van der Waals surface area contributed by atoms with Gasteiger partial charge in [-0.15, -0.1) is 0 Å². The number of urea groups is 1. The number of ether oxygens (including phenoxy) is 1. The van der Waals surface area contributed by atoms with Gasteiger partial charge in [-0.2, -0.15) is 5.10 Å². The number of rotatable bonds is 4. The number of morpholine rings is 1. The first-order chi connectivity index (χ1) is 14.5. The van der Waals surface area contributed by atoms with Crippen molar-refractivity contribution in [2.45, 2.75) is 0 Å². The Hall–Kier alpha value is -3.87. The van der Waals surface area contributed by atoms with E-state index in [4.69, 9.17) is 10.5 Å². The summed E-state index contributed by atoms with van der Waals surface area (Å²) in [6.45, 7) is 2.19. The molecule has 0 spiro atoms. The van der Waals surface area contributed by atoms with Gasteiger partial charge in [-0.1, -0.05) is 0 Å². The van der Waals surface area contributed by atoms with Gasteiger partial charge in [-0.3, -0.25) is 15.2 Å². The number of carbonyl (C=O) groups is 2. The number of fused-ring (bicyclic) bond motifs is 1. The molecule has 1 aliphatic heterocycles. The minimum Gasteiger partial charge on any atom is -0.378 e. The number of anilines is 3. The number of amides is 3. The molecule has 4 rings (SSSR count). The number of nitrogens with two attached hydrogens (primary N) is 1. The van der Waals surface area contributed by atoms with E-state index in [1.54, 1.807) is 0 Å². The molecule has 11 nitrogen and oxygen atoms in total. The standard InChI is InChI=1S/C17H16F2N8O3/c18-9-2-1-8(13(20)28)11(19)12(9)23-17(29)24-14-10-15(22-7-21-14)25-26-16(10)27-3-5-30-6-4-27/h1-2,7H,3-6H2,(H2,20,28)(H3,21,22,23,24,25,26,29). The van der Waals surface area contributed by atoms with E-state index in [1.165, 1.54) is 6.33 Å². The average Bonchev–Trinajstić information content (AvgIpc) is 3.17. The summed E-state index contributed by atoms with van der Waals surface area (Å²) in [5.41, 5.74) is 4.06. The number of aromatic amines is 1. The summed E-state index contributed by atoms with van der Waals surface area (Å²) in [5, 5.41) is 11.9. The highest BCUT2D eigenvalue weighted by molar-refractivity contribution is 6.07. The minimum atomic E-state index is -1.28. The number of nitrogens with one attached hydrogen (secondary N) is 3. The largest absolute Gasteiger partial charge is 0.378 e. The Morgan fingerprint density at radius 2 is 1.93 bits per heavy atom. The van der Waals surface area contributed by atoms with Crippen LogP contribution in [-0.4, -0.2) is 58.4 Å². The van der Waals surface area contributed by atoms with E-state index in [-0.39, 0.29) is 5.82 Å². The summed E-state index contributed by atoms with van der Waals surface area (Å²) < 4.78 is 33.7. The van der Waals surface area contributed by atoms with Crippen molar-refractivity contribution in [2.75, 3.05) is 41.8 Å². The molecule has 1 aliphatic rings. The van der Waals surface area contributed by atoms with Crippen molar-refractivity contribution in [1.82, 2.24) is 20.2 Å². The van der Waals surface area contributed by atoms with Crippen LogP contribution in [0.15, 0.2) is 18.5 Å². The summed E-state index contributed by atoms with van der Waals surface area (Å²) in [4.78, 5) is 33.7. The molecule has 2 aromatic heterocycles. The van der Waals surface area contributed by atoms with Gasteiger partial charge in [0, 0.05) is 13.1 Å². The lowest BCUT2D eigenvalue weighted by atomic mass is 10.1. The maximum absolute atomic E-state index is 14.4. The van der Waals surface area contributed by atoms with Crippen molar-refractivity contribution < 1.29 is 23.1 Å². The van der Waals surface area contributed by atoms with Gasteiger partial charge in [0.05, 0.1) is 18.8 Å². The first-order valence-electron chi connectivity index (χ1n) is 8.83. The predicted octanol–water partition coefficient (Wildman–Crippen LogP) is 1.21. The molecule has 3 heterocycles. The summed E-state index contributed by atoms with van der Waals surface area (Å²) in [5.74, 6) is -2.85. The molecule has 3 aromatic rings. The van der Waals surface area contributed by atoms with Crippen molar-refractivity contribution in [3.8, 4) is 0 Å². The molecule has 0 atom stereocenters. The quantitative estimate of drug-likeness (QED) is 0.497. The third-order valence-electron chi connectivity index (χ3n) is 4.48. The van der Waals surface area contributed by atoms with E-state index in [2.05, 4.69) is 25.5 Å². The SMILES string of the molecule is NC(=O)c1ccc(F)c(NC(=O)Nc2ncnc3[nH]nc(N4CCOCC4)c23)c1F. The summed E-state index contributed by atoms with van der Waals surface area (Å²) in [6.07, 6.45) is 1.20. The molecule has 5 N–H and O–H groups in total. The topological polar surface area (TPSA) is 151 Å². The second-order valence-electron chi connectivity index (χ2n) is 6.32. The van der Waals surface area contributed by atoms with Gasteiger partial charge in [-0.25, -0.2) is 23.5 Å². The fourth-order valence-corrected chi connectivity index (χ4v) is 3.05. The Labute approximate surface area is 167 Å². The third kappa shape index (κ3) is 3.57. The highest BCUT2D eigenvalue weighted by atomic mass is 19.1. The summed E-state index contributed by atoms with van der Waals surface area (Å²) in [7, 11) is 0. The van der Waals surface area contributed by atoms with Gasteiger partial charge in [-0.05, 0) is 12.1 Å². The van der Waals surface area contributed by atoms with E-state index in [9.17, 15) is 18.4 Å². The number of hydrogen-bond acceptors (Lipinski definition) is 7. The molecule has 0 aliphatic carbocycles. The van der Waals surface area contributed by atoms with Gasteiger partial charge in [0.15, 0.2) is 23.1 Å². The zero-order valence-corrected chi connectivity index (χ0v) is 15.4. The van der Waals surface area contributed by atoms with Crippen LogP contribution in [0.3, 0.4) is 0 Å². The van der Waals surface area contributed by atoms with Gasteiger partial charge in [0.1, 0.15) is 23.2 Å². The molecule has 1 saturated heterocycles. The van der Waals surface area contributed by atoms with Gasteiger partial charge >= 0.3 is 6.03 Å². The fourth-order valence-electron chi connectivity index (χ4n) is 3.05. The second-order valence-corrected chi connectivity index (χ2v) is 6.32. The number of carbonyl (C=O) groups excluding carboxylic acids is 2. The molecule has 1 fully saturated rings. The van der Waals surface area contributed by atoms with Gasteiger partial charge in [0.2, 0.25) is 0 Å². The van der Waals surface area contributed by atoms with Crippen LogP contribution >= 0.6 is 0 Å². The molecular formula is C17H16F2N8O3. The van der Waals surface area contributed by atoms with E-state index in [0.717, 1.165) is 12.1 Å². The fraction of sp³-hybridized carbons (Fsp3) is 0.235. The van der Waals surface area contributed by atoms with Crippen molar-refractivity contribution in [2.24, 2.45) is 5.73 Å². The maximum atomic E-state index is 14.4. The van der Waals surface area contributed by atoms with Crippen LogP contribution in [0.5, 0.6) is 0 Å². The molecule has 0 radical (unpaired) electrons. The van der Waals surface area contributed by atoms with Crippen molar-refractivity contribution in [3.63, 3.8) is 0 Å². The molecule has 30 heavy (non-hydrogen) atoms. The molecule has 156 valence electrons. The zero-order chi connectivity index (χ0) is 21.3. The lowest BCUT2D eigenvalue weighted by Crippen LogP contribution is -2.36. The molecular weight excluding hydrogens is 402 g/mol. The molecule has 1 aromatic carbocycles. The monoisotopic (exact) mass is 418 g/mol. The van der Waals surface area contributed by atoms with Crippen LogP contribution in [-0.2, 0) is 4.74 Å². The average molecular weight is 418 g/mol. The second kappa shape index (κ2) is 7.87. The van der Waals surface area contributed by atoms with Gasteiger partial charge in [0.25, 0.3) is 5.91 Å². The third-order valence-corrected chi connectivity index (χ3v) is 4.48. The maximum Gasteiger partial charge on any atom is 0.325 e. The Balaban J connectivity index is 1.62. The number of primary amides is 1. The van der Waals surface area contributed by atoms with Crippen LogP contribution in [0.2, 0.25) is 0 Å². The van der Waals surface area contributed by atoms with Crippen LogP contribution in [0.1, 0.15) is 10.4 Å². The Bertz CT molecular complexity index is 1130. The van der Waals surface area contributed by atoms with Crippen LogP contribution in [0, 0.1) is 11.6 Å². The number of aromatic nitrogens is 4. The molecule has 0 unspecified atom stereocenters. The molecule has 3 amide bonds. The predicted molar refractivity (Wildman–Crippen MR) is 102 cm³/mol. The van der Waals surface area contributed by atoms with Crippen molar-refractivity contribution in [3.05, 3.63) is 35.7 Å². The highest BCUT2D eigenvalue weighted by Crippen LogP contribution is 2.29. The molecule has 0 bridgehead atoms. The lowest BCUT2D eigenvalue weighted by molar-refractivity contribution is 0.0996. The molecule has 0 saturated carbocycles. The van der Waals surface area contributed by atoms with E-state index < -0.39 is 34.8 Å². The number of benzene rings is 1. The number of halogens is 2. The van der Waals surface area contributed by atoms with Crippen molar-refractivity contribution in [1.29, 1.82) is 0 Å². The zero-order valence-electron chi connectivity index (χ0n) is 15.4. The first-order valence-corrected chi connectivity index (χ1v) is 8.83. The van der Waals surface area contributed by atoms with E-state index >= 15 is 0 Å². The van der Waals surface area contributed by atoms with Crippen molar-refractivity contribution >= 4 is 40.3 Å². The number of H-pyrrole nitrogens is 1. The summed E-state index contributed by atoms with van der Waals surface area (Å²) in [6, 6.07) is 0.738. The number of nitrogens with zero attached hydrogens (tertiary/aromatic N) is 4. The molecule has 13 heteroatoms. The van der Waals surface area contributed by atoms with E-state index in [1.807, 2.05) is 10.2 Å². The number of hydrogen-bond donors (Lipinski definition) is 4. The van der Waals surface area contributed by atoms with Crippen LogP contribution in [0.4, 0.5) is 30.9 Å². The van der Waals surface area contributed by atoms with Crippen LogP contribution < -0.4 is 21.3 Å². The van der Waals surface area contributed by atoms with Crippen LogP contribution in [0.25, 0.3) is 11.0 Å². The first kappa shape index (κ1) is 19.4. The highest BCUT2D eigenvalue weighted by Gasteiger charge is 2.23.